The Labute approximate surface area is 534 Å². The van der Waals surface area contributed by atoms with Gasteiger partial charge in [-0.1, -0.05) is 23.7 Å². The van der Waals surface area contributed by atoms with Crippen molar-refractivity contribution in [1.29, 1.82) is 0 Å². The molecule has 1 saturated heterocycles. The molecule has 496 valence electrons. The molecule has 3 aromatic heterocycles. The maximum absolute atomic E-state index is 13.3. The number of alkyl carbamates (subject to hydrolysis) is 1. The third-order valence-electron chi connectivity index (χ3n) is 14.2. The molecule has 1 fully saturated rings. The Morgan fingerprint density at radius 1 is 0.571 bits per heavy atom. The molecule has 1 aliphatic heterocycles. The van der Waals surface area contributed by atoms with E-state index in [2.05, 4.69) is 58.7 Å². The SMILES string of the molecule is COc1ccc(C#Cc2cc(CN3CCN(Cc4cc(C#Cc5ccc(OC)c(N(C)CCCS(=O)(=O)[O-])c5)cc(P(C)(=O)[O-])n4)CCN(Cc4cc(CCCNC(=O)OC(C)(C)C)cc(P(C)(=O)[O-])n4)CC3)nc(P(C)(=O)[O-])c2)cc1N(C)CCCS(=O)(=O)[O-]. The van der Waals surface area contributed by atoms with Crippen LogP contribution in [-0.4, -0.2) is 186 Å². The Balaban J connectivity index is 1.34. The van der Waals surface area contributed by atoms with Gasteiger partial charge in [0.05, 0.1) is 101 Å². The van der Waals surface area contributed by atoms with Crippen LogP contribution in [0.3, 0.4) is 0 Å². The van der Waals surface area contributed by atoms with Gasteiger partial charge in [0.1, 0.15) is 17.1 Å². The molecular formula is C61H79N9O16P3S2-5. The molecule has 5 aromatic rings. The van der Waals surface area contributed by atoms with Gasteiger partial charge < -0.3 is 66.8 Å². The number of hydrogen-bond acceptors (Lipinski definition) is 24. The fraction of sp³-hybridized carbons (Fsp3) is 0.475. The maximum atomic E-state index is 13.3. The summed E-state index contributed by atoms with van der Waals surface area (Å²) in [4.78, 5) is 75.8. The molecule has 91 heavy (non-hydrogen) atoms. The Morgan fingerprint density at radius 3 is 1.29 bits per heavy atom. The number of nitrogens with zero attached hydrogens (tertiary/aromatic N) is 8. The molecule has 0 bridgehead atoms. The summed E-state index contributed by atoms with van der Waals surface area (Å²) in [6.07, 6.45) is 0.471. The maximum Gasteiger partial charge on any atom is 0.407 e. The van der Waals surface area contributed by atoms with Crippen molar-refractivity contribution in [2.75, 3.05) is 129 Å². The van der Waals surface area contributed by atoms with Gasteiger partial charge in [0.2, 0.25) is 0 Å². The van der Waals surface area contributed by atoms with E-state index in [-0.39, 0.29) is 68.4 Å². The van der Waals surface area contributed by atoms with E-state index in [0.717, 1.165) is 20.0 Å². The number of benzene rings is 2. The lowest BCUT2D eigenvalue weighted by atomic mass is 10.1. The normalized spacial score (nSPS) is 15.8. The van der Waals surface area contributed by atoms with Crippen molar-refractivity contribution in [2.45, 2.75) is 71.7 Å². The Bertz CT molecular complexity index is 3710. The van der Waals surface area contributed by atoms with Gasteiger partial charge in [0.15, 0.2) is 0 Å². The number of carbonyl (C=O) groups is 1. The van der Waals surface area contributed by atoms with Gasteiger partial charge in [-0.05, 0) is 145 Å². The molecule has 30 heteroatoms. The molecule has 6 rings (SSSR count). The van der Waals surface area contributed by atoms with Crippen LogP contribution in [0.1, 0.15) is 84.9 Å². The standard InChI is InChI=1S/C61H84N9O16P3S2/c1-61(2,3)86-60(71)62-23-11-14-47-34-50(63-57(39-47)87(8,72)73)42-68-26-28-69(43-51-35-48(40-58(64-51)88(9,74)75)17-15-45-19-21-55(84-6)53(37-45)66(4)24-12-32-90(78,79)80)30-31-70(29-27-68)44-52-36-49(41-59(65-52)89(10,76)77)18-16-46-20-22-56(85-7)54(38-46)67(5)25-13-33-91(81,82)83/h19-22,34-41H,11-14,23-33,42-44H2,1-10H3,(H,62,71)(H,72,73)(H,74,75)(H,76,77)(H,78,79,80)(H,81,82,83)/p-5. The smallest absolute Gasteiger partial charge is 0.407 e. The number of ether oxygens (including phenoxy) is 3. The van der Waals surface area contributed by atoms with Crippen LogP contribution in [0.5, 0.6) is 11.5 Å². The van der Waals surface area contributed by atoms with Crippen LogP contribution < -0.4 is 55.6 Å². The van der Waals surface area contributed by atoms with E-state index in [1.165, 1.54) is 32.4 Å². The van der Waals surface area contributed by atoms with Crippen molar-refractivity contribution in [1.82, 2.24) is 35.0 Å². The van der Waals surface area contributed by atoms with E-state index < -0.39 is 65.5 Å². The lowest BCUT2D eigenvalue weighted by Gasteiger charge is -2.27. The number of rotatable bonds is 25. The van der Waals surface area contributed by atoms with Crippen molar-refractivity contribution in [2.24, 2.45) is 0 Å². The second-order valence-corrected chi connectivity index (χ2v) is 33.0. The molecule has 0 aliphatic carbocycles. The monoisotopic (exact) mass is 1350 g/mol. The van der Waals surface area contributed by atoms with Crippen LogP contribution in [-0.2, 0) is 64.7 Å². The molecule has 3 atom stereocenters. The summed E-state index contributed by atoms with van der Waals surface area (Å²) in [6.45, 7) is 12.2. The predicted octanol–water partition coefficient (Wildman–Crippen LogP) is 2.39. The zero-order valence-corrected chi connectivity index (χ0v) is 57.2. The van der Waals surface area contributed by atoms with Crippen LogP contribution in [0.25, 0.3) is 0 Å². The summed E-state index contributed by atoms with van der Waals surface area (Å²) in [5.74, 6) is 12.3. The first-order valence-corrected chi connectivity index (χ1v) is 38.5. The fourth-order valence-corrected chi connectivity index (χ4v) is 12.7. The number of anilines is 2. The summed E-state index contributed by atoms with van der Waals surface area (Å²) >= 11 is 0. The fourth-order valence-electron chi connectivity index (χ4n) is 9.69. The molecule has 2 aromatic carbocycles. The molecule has 25 nitrogen and oxygen atoms in total. The lowest BCUT2D eigenvalue weighted by molar-refractivity contribution is -0.170. The van der Waals surface area contributed by atoms with Crippen LogP contribution in [0.15, 0.2) is 72.8 Å². The third kappa shape index (κ3) is 25.3. The summed E-state index contributed by atoms with van der Waals surface area (Å²) in [7, 11) is -15.0. The predicted molar refractivity (Wildman–Crippen MR) is 343 cm³/mol. The van der Waals surface area contributed by atoms with Crippen molar-refractivity contribution in [3.63, 3.8) is 0 Å². The highest BCUT2D eigenvalue weighted by atomic mass is 32.2. The van der Waals surface area contributed by atoms with Crippen LogP contribution in [0.2, 0.25) is 0 Å². The highest BCUT2D eigenvalue weighted by molar-refractivity contribution is 7.85. The number of carbonyl (C=O) groups excluding carboxylic acids is 1. The first-order chi connectivity index (χ1) is 42.4. The second kappa shape index (κ2) is 32.1. The van der Waals surface area contributed by atoms with E-state index in [1.807, 2.05) is 6.07 Å². The van der Waals surface area contributed by atoms with Gasteiger partial charge in [-0.2, -0.15) is 0 Å². The number of nitrogens with one attached hydrogen (secondary N) is 1. The number of aryl methyl sites for hydroxylation is 1. The van der Waals surface area contributed by atoms with Gasteiger partial charge in [0.25, 0.3) is 0 Å². The second-order valence-electron chi connectivity index (χ2n) is 23.5. The Morgan fingerprint density at radius 2 is 0.934 bits per heavy atom. The minimum Gasteiger partial charge on any atom is -0.795 e. The van der Waals surface area contributed by atoms with Crippen molar-refractivity contribution < 1.29 is 73.3 Å². The molecule has 1 amide bonds. The third-order valence-corrected chi connectivity index (χ3v) is 19.0. The summed E-state index contributed by atoms with van der Waals surface area (Å²) in [5, 5.41) is 2.74. The summed E-state index contributed by atoms with van der Waals surface area (Å²) in [6, 6.07) is 19.9. The summed E-state index contributed by atoms with van der Waals surface area (Å²) < 4.78 is 124. The molecular weight excluding hydrogens is 1270 g/mol. The minimum atomic E-state index is -4.42. The van der Waals surface area contributed by atoms with Gasteiger partial charge >= 0.3 is 6.09 Å². The van der Waals surface area contributed by atoms with E-state index in [4.69, 9.17) is 14.2 Å². The number of aromatic nitrogens is 3. The van der Waals surface area contributed by atoms with Crippen LogP contribution in [0, 0.1) is 23.7 Å². The van der Waals surface area contributed by atoms with Crippen molar-refractivity contribution in [3.05, 3.63) is 118 Å². The Hall–Kier alpha value is -6.25. The van der Waals surface area contributed by atoms with Crippen LogP contribution >= 0.6 is 22.1 Å². The quantitative estimate of drug-likeness (QED) is 0.0379. The lowest BCUT2D eigenvalue weighted by Crippen LogP contribution is -2.36. The molecule has 0 saturated carbocycles. The number of pyridine rings is 3. The zero-order chi connectivity index (χ0) is 67.1. The van der Waals surface area contributed by atoms with Gasteiger partial charge in [-0.15, -0.1) is 0 Å². The van der Waals surface area contributed by atoms with E-state index in [1.54, 1.807) is 93.2 Å². The molecule has 3 unspecified atom stereocenters. The molecule has 1 aliphatic rings. The first-order valence-electron chi connectivity index (χ1n) is 29.1. The minimum absolute atomic E-state index is 0.0797. The number of hydrogen-bond donors (Lipinski definition) is 1. The van der Waals surface area contributed by atoms with Crippen molar-refractivity contribution in [3.8, 4) is 35.2 Å². The van der Waals surface area contributed by atoms with Gasteiger partial charge in [-0.25, -0.2) is 36.6 Å². The highest BCUT2D eigenvalue weighted by Gasteiger charge is 2.23. The van der Waals surface area contributed by atoms with E-state index in [9.17, 15) is 59.1 Å². The van der Waals surface area contributed by atoms with Gasteiger partial charge in [0, 0.05) is 126 Å². The van der Waals surface area contributed by atoms with E-state index >= 15 is 0 Å². The van der Waals surface area contributed by atoms with Crippen LogP contribution in [0.4, 0.5) is 16.2 Å². The topological polar surface area (TPSA) is 346 Å². The average molecular weight is 1350 g/mol. The highest BCUT2D eigenvalue weighted by Crippen LogP contribution is 2.33. The zero-order valence-electron chi connectivity index (χ0n) is 52.9. The largest absolute Gasteiger partial charge is 0.795 e. The molecule has 0 radical (unpaired) electrons. The molecule has 1 N–H and O–H groups in total. The van der Waals surface area contributed by atoms with Gasteiger partial charge in [-0.3, -0.25) is 14.7 Å². The van der Waals surface area contributed by atoms with Crippen molar-refractivity contribution >= 4 is 76.1 Å². The number of methoxy groups -OCH3 is 2. The molecule has 0 spiro atoms. The Kier molecular flexibility index (Phi) is 26.0. The number of amides is 1. The van der Waals surface area contributed by atoms with E-state index in [0.29, 0.717) is 120 Å². The first kappa shape index (κ1) is 73.8. The average Bonchev–Trinajstić information content (AvgIpc) is 1.25. The molecule has 4 heterocycles. The summed E-state index contributed by atoms with van der Waals surface area (Å²) in [5.41, 5.74) is 3.77.